The second-order valence-electron chi connectivity index (χ2n) is 5.02. The minimum absolute atomic E-state index is 0.661. The summed E-state index contributed by atoms with van der Waals surface area (Å²) < 4.78 is 1.22. The van der Waals surface area contributed by atoms with E-state index in [9.17, 15) is 0 Å². The van der Waals surface area contributed by atoms with Gasteiger partial charge in [0.05, 0.1) is 0 Å². The molecule has 86 valence electrons. The van der Waals surface area contributed by atoms with Crippen molar-refractivity contribution >= 4 is 22.6 Å². The number of halogens is 1. The second kappa shape index (κ2) is 7.04. The third kappa shape index (κ3) is 4.96. The third-order valence-electron chi connectivity index (χ3n) is 2.65. The molecule has 0 rings (SSSR count). The van der Waals surface area contributed by atoms with Gasteiger partial charge in [0.2, 0.25) is 0 Å². The van der Waals surface area contributed by atoms with Crippen molar-refractivity contribution in [2.24, 2.45) is 5.92 Å². The van der Waals surface area contributed by atoms with Crippen LogP contribution in [0.3, 0.4) is 0 Å². The first kappa shape index (κ1) is 14.7. The molecule has 1 nitrogen and oxygen atoms in total. The highest BCUT2D eigenvalue weighted by atomic mass is 127. The summed E-state index contributed by atoms with van der Waals surface area (Å²) in [5.41, 5.74) is 0. The summed E-state index contributed by atoms with van der Waals surface area (Å²) in [6.07, 6.45) is 1.30. The van der Waals surface area contributed by atoms with Crippen LogP contribution < -0.4 is 0 Å². The number of nitrogens with zero attached hydrogens (tertiary/aromatic N) is 1. The third-order valence-corrected chi connectivity index (χ3v) is 3.92. The Morgan fingerprint density at radius 2 is 1.43 bits per heavy atom. The molecule has 0 aromatic carbocycles. The van der Waals surface area contributed by atoms with E-state index in [0.29, 0.717) is 18.1 Å². The van der Waals surface area contributed by atoms with Gasteiger partial charge in [0.25, 0.3) is 0 Å². The summed E-state index contributed by atoms with van der Waals surface area (Å²) in [7, 11) is 0. The fraction of sp³-hybridized carbons (Fsp3) is 1.00. The van der Waals surface area contributed by atoms with Gasteiger partial charge in [-0.3, -0.25) is 4.90 Å². The Hall–Kier alpha value is 0.690. The molecule has 0 saturated carbocycles. The van der Waals surface area contributed by atoms with Crippen molar-refractivity contribution < 1.29 is 0 Å². The predicted molar refractivity (Wildman–Crippen MR) is 74.2 cm³/mol. The lowest BCUT2D eigenvalue weighted by molar-refractivity contribution is 0.112. The molecule has 2 unspecified atom stereocenters. The zero-order chi connectivity index (χ0) is 11.3. The largest absolute Gasteiger partial charge is 0.295 e. The van der Waals surface area contributed by atoms with Crippen molar-refractivity contribution in [2.45, 2.75) is 66.1 Å². The van der Waals surface area contributed by atoms with Gasteiger partial charge in [0, 0.05) is 22.6 Å². The van der Waals surface area contributed by atoms with Gasteiger partial charge in [0.1, 0.15) is 0 Å². The fourth-order valence-electron chi connectivity index (χ4n) is 2.34. The Morgan fingerprint density at radius 3 is 1.71 bits per heavy atom. The highest BCUT2D eigenvalue weighted by Gasteiger charge is 2.22. The van der Waals surface area contributed by atoms with E-state index in [4.69, 9.17) is 0 Å². The van der Waals surface area contributed by atoms with Crippen LogP contribution in [0.15, 0.2) is 0 Å². The molecule has 0 saturated heterocycles. The van der Waals surface area contributed by atoms with Crippen molar-refractivity contribution in [2.75, 3.05) is 4.43 Å². The van der Waals surface area contributed by atoms with Gasteiger partial charge < -0.3 is 0 Å². The van der Waals surface area contributed by atoms with E-state index in [1.807, 2.05) is 0 Å². The van der Waals surface area contributed by atoms with Crippen LogP contribution >= 0.6 is 22.6 Å². The van der Waals surface area contributed by atoms with E-state index in [-0.39, 0.29) is 0 Å². The quantitative estimate of drug-likeness (QED) is 0.530. The molecule has 0 fully saturated rings. The van der Waals surface area contributed by atoms with Gasteiger partial charge in [-0.1, -0.05) is 36.4 Å². The van der Waals surface area contributed by atoms with Gasteiger partial charge in [-0.25, -0.2) is 0 Å². The maximum Gasteiger partial charge on any atom is 0.0162 e. The molecule has 0 spiro atoms. The molecule has 14 heavy (non-hydrogen) atoms. The topological polar surface area (TPSA) is 3.24 Å². The number of hydrogen-bond acceptors (Lipinski definition) is 1. The first-order valence-corrected chi connectivity index (χ1v) is 7.26. The molecule has 0 aromatic rings. The second-order valence-corrected chi connectivity index (χ2v) is 5.90. The minimum Gasteiger partial charge on any atom is -0.295 e. The molecule has 0 N–H and O–H groups in total. The van der Waals surface area contributed by atoms with Crippen molar-refractivity contribution in [3.63, 3.8) is 0 Å². The maximum atomic E-state index is 2.65. The maximum absolute atomic E-state index is 2.65. The van der Waals surface area contributed by atoms with Crippen LogP contribution in [0.5, 0.6) is 0 Å². The molecule has 2 atom stereocenters. The summed E-state index contributed by atoms with van der Waals surface area (Å²) in [6.45, 7) is 13.9. The normalized spacial score (nSPS) is 16.7. The number of alkyl halides is 1. The number of rotatable bonds is 6. The first-order valence-electron chi connectivity index (χ1n) is 5.73. The Labute approximate surface area is 104 Å². The molecule has 0 aromatic heterocycles. The Balaban J connectivity index is 4.33. The van der Waals surface area contributed by atoms with Crippen molar-refractivity contribution in [3.05, 3.63) is 0 Å². The highest BCUT2D eigenvalue weighted by Crippen LogP contribution is 2.18. The zero-order valence-corrected chi connectivity index (χ0v) is 12.7. The molecule has 0 aliphatic rings. The van der Waals surface area contributed by atoms with E-state index in [1.165, 1.54) is 10.8 Å². The van der Waals surface area contributed by atoms with E-state index in [0.717, 1.165) is 5.92 Å². The van der Waals surface area contributed by atoms with Crippen LogP contribution in [0.2, 0.25) is 0 Å². The molecule has 0 radical (unpaired) electrons. The zero-order valence-electron chi connectivity index (χ0n) is 10.5. The summed E-state index contributed by atoms with van der Waals surface area (Å²) >= 11 is 2.49. The van der Waals surface area contributed by atoms with Gasteiger partial charge in [0.15, 0.2) is 0 Å². The molecule has 0 amide bonds. The van der Waals surface area contributed by atoms with Gasteiger partial charge >= 0.3 is 0 Å². The lowest BCUT2D eigenvalue weighted by atomic mass is 10.0. The molecular weight excluding hydrogens is 285 g/mol. The summed E-state index contributed by atoms with van der Waals surface area (Å²) in [5, 5.41) is 0. The van der Waals surface area contributed by atoms with Crippen molar-refractivity contribution in [3.8, 4) is 0 Å². The first-order chi connectivity index (χ1) is 6.40. The van der Waals surface area contributed by atoms with E-state index in [2.05, 4.69) is 69.0 Å². The Morgan fingerprint density at radius 1 is 0.929 bits per heavy atom. The summed E-state index contributed by atoms with van der Waals surface area (Å²) in [4.78, 5) is 2.65. The highest BCUT2D eigenvalue weighted by molar-refractivity contribution is 14.1. The van der Waals surface area contributed by atoms with E-state index >= 15 is 0 Å². The van der Waals surface area contributed by atoms with E-state index < -0.39 is 0 Å². The lowest BCUT2D eigenvalue weighted by Gasteiger charge is -2.38. The Kier molecular flexibility index (Phi) is 7.39. The van der Waals surface area contributed by atoms with Crippen molar-refractivity contribution in [1.29, 1.82) is 0 Å². The molecule has 2 heteroatoms. The van der Waals surface area contributed by atoms with Crippen LogP contribution in [0, 0.1) is 5.92 Å². The predicted octanol–water partition coefficient (Wildman–Crippen LogP) is 3.95. The van der Waals surface area contributed by atoms with Crippen LogP contribution in [-0.2, 0) is 0 Å². The molecule has 0 aliphatic carbocycles. The van der Waals surface area contributed by atoms with E-state index in [1.54, 1.807) is 0 Å². The summed E-state index contributed by atoms with van der Waals surface area (Å²) in [5.74, 6) is 0.799. The molecule has 0 aliphatic heterocycles. The average molecular weight is 311 g/mol. The Bertz CT molecular complexity index is 145. The lowest BCUT2D eigenvalue weighted by Crippen LogP contribution is -2.46. The van der Waals surface area contributed by atoms with Crippen molar-refractivity contribution in [1.82, 2.24) is 4.90 Å². The van der Waals surface area contributed by atoms with Crippen LogP contribution in [0.4, 0.5) is 0 Å². The van der Waals surface area contributed by atoms with Crippen LogP contribution in [-0.4, -0.2) is 27.5 Å². The minimum atomic E-state index is 0.661. The summed E-state index contributed by atoms with van der Waals surface area (Å²) in [6, 6.07) is 2.07. The van der Waals surface area contributed by atoms with Crippen LogP contribution in [0.25, 0.3) is 0 Å². The van der Waals surface area contributed by atoms with Gasteiger partial charge in [-0.05, 0) is 40.0 Å². The smallest absolute Gasteiger partial charge is 0.0162 e. The molecular formula is C12H26IN. The number of hydrogen-bond donors (Lipinski definition) is 0. The molecule has 0 heterocycles. The van der Waals surface area contributed by atoms with Crippen LogP contribution in [0.1, 0.15) is 48.0 Å². The monoisotopic (exact) mass is 311 g/mol. The average Bonchev–Trinajstić information content (AvgIpc) is 2.01. The standard InChI is InChI=1S/C12H26IN/c1-9(2)7-11(5)14(10(3)4)12(6)8-13/h9-12H,7-8H2,1-6H3. The SMILES string of the molecule is CC(C)CC(C)N(C(C)C)C(C)CI. The fourth-order valence-corrected chi connectivity index (χ4v) is 2.79. The van der Waals surface area contributed by atoms with Gasteiger partial charge in [-0.2, -0.15) is 0 Å². The van der Waals surface area contributed by atoms with Gasteiger partial charge in [-0.15, -0.1) is 0 Å². The molecule has 0 bridgehead atoms.